The van der Waals surface area contributed by atoms with E-state index in [0.29, 0.717) is 0 Å². The van der Waals surface area contributed by atoms with Crippen molar-refractivity contribution < 1.29 is 23.4 Å². The highest BCUT2D eigenvalue weighted by Gasteiger charge is 2.52. The number of nitrogens with zero attached hydrogens (tertiary/aromatic N) is 1. The number of methoxy groups -OCH3 is 1. The molecule has 1 fully saturated rings. The first kappa shape index (κ1) is 27.7. The van der Waals surface area contributed by atoms with Gasteiger partial charge in [0.1, 0.15) is 12.2 Å². The van der Waals surface area contributed by atoms with E-state index in [2.05, 4.69) is 69.3 Å². The number of amides is 1. The fourth-order valence-corrected chi connectivity index (χ4v) is 9.77. The number of hydrogen-bond donors (Lipinski definition) is 0. The molecule has 0 saturated carbocycles. The topological polar surface area (TPSA) is 57.2 Å². The smallest absolute Gasteiger partial charge is 0.409 e. The summed E-state index contributed by atoms with van der Waals surface area (Å²) < 4.78 is 24.6. The molecule has 35 heavy (non-hydrogen) atoms. The van der Waals surface area contributed by atoms with Gasteiger partial charge in [-0.2, -0.15) is 0 Å². The number of rotatable bonds is 7. The third-order valence-electron chi connectivity index (χ3n) is 6.64. The summed E-state index contributed by atoms with van der Waals surface area (Å²) in [5.74, 6) is -0.240. The molecule has 6 nitrogen and oxygen atoms in total. The van der Waals surface area contributed by atoms with E-state index < -0.39 is 38.3 Å². The Kier molecular flexibility index (Phi) is 9.04. The summed E-state index contributed by atoms with van der Waals surface area (Å²) in [6.45, 7) is 8.82. The van der Waals surface area contributed by atoms with Crippen LogP contribution in [-0.2, 0) is 18.6 Å². The molecule has 0 radical (unpaired) electrons. The highest BCUT2D eigenvalue weighted by atomic mass is 35.5. The van der Waals surface area contributed by atoms with Crippen LogP contribution in [0.4, 0.5) is 4.79 Å². The van der Waals surface area contributed by atoms with Gasteiger partial charge >= 0.3 is 6.09 Å². The van der Waals surface area contributed by atoms with Gasteiger partial charge < -0.3 is 23.5 Å². The average molecular weight is 520 g/mol. The molecule has 0 spiro atoms. The van der Waals surface area contributed by atoms with Crippen molar-refractivity contribution in [1.82, 2.24) is 4.90 Å². The Morgan fingerprint density at radius 1 is 1.03 bits per heavy atom. The van der Waals surface area contributed by atoms with Crippen molar-refractivity contribution in [3.05, 3.63) is 60.7 Å². The maximum atomic E-state index is 12.4. The second-order valence-corrected chi connectivity index (χ2v) is 15.1. The van der Waals surface area contributed by atoms with Crippen molar-refractivity contribution in [3.8, 4) is 0 Å². The molecule has 0 bridgehead atoms. The predicted molar refractivity (Wildman–Crippen MR) is 142 cm³/mol. The molecule has 2 aromatic carbocycles. The molecule has 0 unspecified atom stereocenters. The van der Waals surface area contributed by atoms with Crippen molar-refractivity contribution in [3.63, 3.8) is 0 Å². The lowest BCUT2D eigenvalue weighted by molar-refractivity contribution is -0.235. The largest absolute Gasteiger partial charge is 0.444 e. The molecular weight excluding hydrogens is 482 g/mol. The molecule has 1 amide bonds. The first-order valence-electron chi connectivity index (χ1n) is 12.0. The standard InChI is InChI=1S/C27H38ClNO5Si/c1-19-24(34-26(30)29(5)6)23(28)22(33-25(19)31-7)18-32-35(27(2,3)4,20-14-10-8-11-15-20)21-16-12-9-13-17-21/h8-17,19,22-25H,18H2,1-7H3/t19-,22-,23+,24+,25+/m1/s1. The van der Waals surface area contributed by atoms with Crippen LogP contribution in [0.15, 0.2) is 60.7 Å². The molecule has 192 valence electrons. The van der Waals surface area contributed by atoms with Crippen molar-refractivity contribution in [1.29, 1.82) is 0 Å². The van der Waals surface area contributed by atoms with E-state index in [0.717, 1.165) is 0 Å². The van der Waals surface area contributed by atoms with Gasteiger partial charge in [0.25, 0.3) is 8.32 Å². The van der Waals surface area contributed by atoms with Gasteiger partial charge in [-0.05, 0) is 15.4 Å². The molecule has 1 saturated heterocycles. The lowest BCUT2D eigenvalue weighted by Gasteiger charge is -2.46. The molecular formula is C27H38ClNO5Si. The number of alkyl halides is 1. The van der Waals surface area contributed by atoms with Gasteiger partial charge in [0.15, 0.2) is 6.29 Å². The summed E-state index contributed by atoms with van der Waals surface area (Å²) in [5.41, 5.74) is 0. The molecule has 8 heteroatoms. The second-order valence-electron chi connectivity index (χ2n) is 10.3. The summed E-state index contributed by atoms with van der Waals surface area (Å²) in [7, 11) is 2.10. The van der Waals surface area contributed by atoms with Gasteiger partial charge in [0.2, 0.25) is 0 Å². The number of halogens is 1. The predicted octanol–water partition coefficient (Wildman–Crippen LogP) is 4.24. The number of ether oxygens (including phenoxy) is 3. The third-order valence-corrected chi connectivity index (χ3v) is 12.2. The monoisotopic (exact) mass is 519 g/mol. The highest BCUT2D eigenvalue weighted by Crippen LogP contribution is 2.38. The Morgan fingerprint density at radius 2 is 1.54 bits per heavy atom. The van der Waals surface area contributed by atoms with Crippen LogP contribution in [0.5, 0.6) is 0 Å². The summed E-state index contributed by atoms with van der Waals surface area (Å²) in [4.78, 5) is 13.8. The van der Waals surface area contributed by atoms with E-state index in [9.17, 15) is 4.79 Å². The van der Waals surface area contributed by atoms with Crippen LogP contribution in [0.1, 0.15) is 27.7 Å². The number of carbonyl (C=O) groups excluding carboxylic acids is 1. The van der Waals surface area contributed by atoms with Gasteiger partial charge in [-0.3, -0.25) is 0 Å². The minimum atomic E-state index is -2.78. The lowest BCUT2D eigenvalue weighted by atomic mass is 9.94. The highest BCUT2D eigenvalue weighted by molar-refractivity contribution is 6.99. The van der Waals surface area contributed by atoms with Gasteiger partial charge in [0.05, 0.1) is 12.0 Å². The van der Waals surface area contributed by atoms with Crippen LogP contribution >= 0.6 is 11.6 Å². The lowest BCUT2D eigenvalue weighted by Crippen LogP contribution is -2.68. The SMILES string of the molecule is CO[C@H]1O[C@H](CO[Si](c2ccccc2)(c2ccccc2)C(C)(C)C)[C@H](Cl)[C@@H](OC(=O)N(C)C)[C@H]1C. The van der Waals surface area contributed by atoms with E-state index in [1.807, 2.05) is 19.1 Å². The Morgan fingerprint density at radius 3 is 1.97 bits per heavy atom. The fourth-order valence-electron chi connectivity index (χ4n) is 4.79. The minimum Gasteiger partial charge on any atom is -0.444 e. The van der Waals surface area contributed by atoms with Crippen LogP contribution in [0.2, 0.25) is 5.04 Å². The van der Waals surface area contributed by atoms with Crippen molar-refractivity contribution >= 4 is 36.4 Å². The zero-order valence-electron chi connectivity index (χ0n) is 21.7. The minimum absolute atomic E-state index is 0.184. The molecule has 1 aliphatic heterocycles. The quantitative estimate of drug-likeness (QED) is 0.404. The molecule has 5 atom stereocenters. The molecule has 2 aromatic rings. The maximum absolute atomic E-state index is 12.4. The average Bonchev–Trinajstić information content (AvgIpc) is 2.83. The van der Waals surface area contributed by atoms with Crippen LogP contribution in [-0.4, -0.2) is 71.0 Å². The Bertz CT molecular complexity index is 914. The van der Waals surface area contributed by atoms with E-state index in [1.165, 1.54) is 15.3 Å². The Balaban J connectivity index is 1.97. The summed E-state index contributed by atoms with van der Waals surface area (Å²) in [6, 6.07) is 20.8. The van der Waals surface area contributed by atoms with Gasteiger partial charge in [0, 0.05) is 27.1 Å². The summed E-state index contributed by atoms with van der Waals surface area (Å²) in [6.07, 6.45) is -2.13. The van der Waals surface area contributed by atoms with Crippen molar-refractivity contribution in [2.24, 2.45) is 5.92 Å². The fraction of sp³-hybridized carbons (Fsp3) is 0.519. The van der Waals surface area contributed by atoms with Crippen LogP contribution in [0, 0.1) is 5.92 Å². The molecule has 0 aromatic heterocycles. The first-order chi connectivity index (χ1) is 16.5. The van der Waals surface area contributed by atoms with Crippen molar-refractivity contribution in [2.75, 3.05) is 27.8 Å². The van der Waals surface area contributed by atoms with E-state index in [1.54, 1.807) is 21.2 Å². The van der Waals surface area contributed by atoms with Gasteiger partial charge in [-0.25, -0.2) is 4.79 Å². The molecule has 0 N–H and O–H groups in total. The van der Waals surface area contributed by atoms with Gasteiger partial charge in [-0.1, -0.05) is 88.4 Å². The van der Waals surface area contributed by atoms with Crippen LogP contribution in [0.25, 0.3) is 0 Å². The number of hydrogen-bond acceptors (Lipinski definition) is 5. The van der Waals surface area contributed by atoms with Crippen molar-refractivity contribution in [2.45, 2.75) is 56.6 Å². The summed E-state index contributed by atoms with van der Waals surface area (Å²) >= 11 is 6.91. The zero-order chi connectivity index (χ0) is 25.8. The van der Waals surface area contributed by atoms with Crippen LogP contribution < -0.4 is 10.4 Å². The normalized spacial score (nSPS) is 25.2. The first-order valence-corrected chi connectivity index (χ1v) is 14.3. The second kappa shape index (κ2) is 11.4. The molecule has 1 aliphatic rings. The Labute approximate surface area is 215 Å². The van der Waals surface area contributed by atoms with E-state index in [4.69, 9.17) is 30.2 Å². The third kappa shape index (κ3) is 5.75. The van der Waals surface area contributed by atoms with Crippen LogP contribution in [0.3, 0.4) is 0 Å². The van der Waals surface area contributed by atoms with E-state index >= 15 is 0 Å². The molecule has 0 aliphatic carbocycles. The molecule has 1 heterocycles. The number of carbonyl (C=O) groups is 1. The zero-order valence-corrected chi connectivity index (χ0v) is 23.5. The number of benzene rings is 2. The summed E-state index contributed by atoms with van der Waals surface area (Å²) in [5, 5.41) is 1.57. The Hall–Kier alpha value is -1.90. The molecule has 3 rings (SSSR count). The van der Waals surface area contributed by atoms with E-state index in [-0.39, 0.29) is 17.6 Å². The van der Waals surface area contributed by atoms with Gasteiger partial charge in [-0.15, -0.1) is 11.6 Å². The maximum Gasteiger partial charge on any atom is 0.409 e.